The van der Waals surface area contributed by atoms with Crippen LogP contribution in [0.15, 0.2) is 42.5 Å². The van der Waals surface area contributed by atoms with Crippen LogP contribution < -0.4 is 4.72 Å². The Morgan fingerprint density at radius 3 is 2.16 bits per heavy atom. The monoisotopic (exact) mass is 523 g/mol. The number of hydrogen-bond acceptors (Lipinski definition) is 3. The molecule has 1 heterocycles. The fraction of sp³-hybridized carbons (Fsp3) is 0.435. The average molecular weight is 522 g/mol. The van der Waals surface area contributed by atoms with Gasteiger partial charge < -0.3 is 9.80 Å². The molecule has 1 aliphatic heterocycles. The molecule has 2 fully saturated rings. The topological polar surface area (TPSA) is 69.7 Å². The summed E-state index contributed by atoms with van der Waals surface area (Å²) in [4.78, 5) is 15.4. The Bertz CT molecular complexity index is 1320. The predicted molar refractivity (Wildman–Crippen MR) is 147 cm³/mol. The number of halogens is 2. The van der Waals surface area contributed by atoms with Crippen LogP contribution in [0.1, 0.15) is 18.4 Å². The van der Waals surface area contributed by atoms with Gasteiger partial charge in [-0.2, -0.15) is 0 Å². The Labute approximate surface area is 230 Å². The van der Waals surface area contributed by atoms with E-state index >= 15 is 4.39 Å². The molecule has 2 aromatic carbocycles. The van der Waals surface area contributed by atoms with Gasteiger partial charge in [-0.05, 0) is 42.5 Å². The lowest BCUT2D eigenvalue weighted by Crippen LogP contribution is -2.69. The van der Waals surface area contributed by atoms with Crippen molar-refractivity contribution in [2.75, 3.05) is 12.8 Å². The molecule has 0 aromatic heterocycles. The van der Waals surface area contributed by atoms with Crippen molar-refractivity contribution in [2.45, 2.75) is 41.8 Å². The molecule has 38 heavy (non-hydrogen) atoms. The molecule has 2 aromatic rings. The van der Waals surface area contributed by atoms with Crippen molar-refractivity contribution in [3.63, 3.8) is 0 Å². The highest BCUT2D eigenvalue weighted by Gasteiger charge is 2.62. The third-order valence-electron chi connectivity index (χ3n) is 7.00. The van der Waals surface area contributed by atoms with Crippen LogP contribution in [0.2, 0.25) is 0 Å². The second kappa shape index (κ2) is 9.81. The number of hydrogen-bond donors (Lipinski definition) is 1. The lowest BCUT2D eigenvalue weighted by atomic mass is 9.40. The summed E-state index contributed by atoms with van der Waals surface area (Å²) in [7, 11) is 30.7. The van der Waals surface area contributed by atoms with E-state index in [1.165, 1.54) is 4.90 Å². The average Bonchev–Trinajstić information content (AvgIpc) is 3.49. The van der Waals surface area contributed by atoms with Crippen LogP contribution >= 0.6 is 0 Å². The molecular weight excluding hydrogens is 501 g/mol. The first-order valence-electron chi connectivity index (χ1n) is 11.8. The minimum absolute atomic E-state index is 0.0154. The van der Waals surface area contributed by atoms with Crippen molar-refractivity contribution in [2.24, 2.45) is 5.41 Å². The summed E-state index contributed by atoms with van der Waals surface area (Å²) in [6.45, 7) is 0.0226. The lowest BCUT2D eigenvalue weighted by Gasteiger charge is -2.50. The molecule has 1 aliphatic carbocycles. The number of benzene rings is 2. The summed E-state index contributed by atoms with van der Waals surface area (Å²) in [5.41, 5.74) is -0.279. The Morgan fingerprint density at radius 2 is 1.66 bits per heavy atom. The van der Waals surface area contributed by atoms with Crippen LogP contribution in [0, 0.1) is 17.0 Å². The van der Waals surface area contributed by atoms with Gasteiger partial charge in [-0.3, -0.25) is 0 Å². The maximum Gasteiger partial charge on any atom is 0.317 e. The van der Waals surface area contributed by atoms with E-state index in [4.69, 9.17) is 47.1 Å². The standard InChI is InChI=1S/C23H21B6F2N3O3S/c1-38(36,37)32-19-17(10-14-9-15(30)11-16(18(14)31)13-5-3-2-4-6-13)33(12-21(19)7-8-21)20(35)34(22(24,25)26)23(27,28)29/h2-6,9,11,17,19,32H,7-8,10,12H2,1H3/t17-,19+/m0/s1. The van der Waals surface area contributed by atoms with Gasteiger partial charge >= 0.3 is 6.03 Å². The molecule has 184 valence electrons. The third-order valence-corrected chi connectivity index (χ3v) is 7.68. The molecule has 12 radical (unpaired) electrons. The normalized spacial score (nSPS) is 21.0. The molecule has 4 rings (SSSR count). The summed E-state index contributed by atoms with van der Waals surface area (Å²) < 4.78 is 57.7. The molecule has 1 spiro atoms. The van der Waals surface area contributed by atoms with Crippen LogP contribution in [-0.2, 0) is 16.4 Å². The molecule has 15 heteroatoms. The number of nitrogens with zero attached hydrogens (tertiary/aromatic N) is 2. The minimum Gasteiger partial charge on any atom is -0.364 e. The van der Waals surface area contributed by atoms with E-state index in [0.29, 0.717) is 23.3 Å². The molecule has 1 saturated heterocycles. The molecule has 2 amide bonds. The third kappa shape index (κ3) is 5.88. The fourth-order valence-electron chi connectivity index (χ4n) is 5.29. The number of likely N-dealkylation sites (tertiary alicyclic amines) is 1. The highest BCUT2D eigenvalue weighted by atomic mass is 32.2. The SMILES string of the molecule is [B]C([B])([B])N(C(=O)N1CC2(CC2)[C@H](NS(C)(=O)=O)[C@@H]1Cc1cc(F)cc(-c2ccccc2)c1F)C([B])([B])[B]. The van der Waals surface area contributed by atoms with Gasteiger partial charge in [-0.15, -0.1) is 0 Å². The summed E-state index contributed by atoms with van der Waals surface area (Å²) in [5, 5.41) is -4.80. The molecule has 2 atom stereocenters. The Balaban J connectivity index is 1.81. The van der Waals surface area contributed by atoms with Gasteiger partial charge in [-0.1, -0.05) is 40.8 Å². The number of rotatable bonds is 7. The van der Waals surface area contributed by atoms with Gasteiger partial charge in [0.25, 0.3) is 0 Å². The van der Waals surface area contributed by atoms with Crippen molar-refractivity contribution in [1.29, 1.82) is 0 Å². The van der Waals surface area contributed by atoms with Crippen molar-refractivity contribution >= 4 is 63.1 Å². The number of nitrogens with one attached hydrogen (secondary N) is 1. The number of carbonyl (C=O) groups is 1. The summed E-state index contributed by atoms with van der Waals surface area (Å²) in [5.74, 6) is -1.42. The van der Waals surface area contributed by atoms with E-state index in [9.17, 15) is 17.6 Å². The Hall–Kier alpha value is -2.13. The smallest absolute Gasteiger partial charge is 0.317 e. The highest BCUT2D eigenvalue weighted by Crippen LogP contribution is 2.56. The Morgan fingerprint density at radius 1 is 1.08 bits per heavy atom. The van der Waals surface area contributed by atoms with Gasteiger partial charge in [0.1, 0.15) is 11.6 Å². The molecule has 1 N–H and O–H groups in total. The fourth-order valence-corrected chi connectivity index (χ4v) is 6.16. The van der Waals surface area contributed by atoms with E-state index in [0.717, 1.165) is 18.4 Å². The molecule has 2 aliphatic rings. The van der Waals surface area contributed by atoms with Crippen molar-refractivity contribution in [3.8, 4) is 11.1 Å². The maximum absolute atomic E-state index is 15.8. The van der Waals surface area contributed by atoms with Gasteiger partial charge in [0.05, 0.1) is 59.4 Å². The molecule has 0 unspecified atom stereocenters. The molecule has 0 bridgehead atoms. The van der Waals surface area contributed by atoms with E-state index in [2.05, 4.69) is 4.72 Å². The zero-order valence-electron chi connectivity index (χ0n) is 20.8. The van der Waals surface area contributed by atoms with Crippen molar-refractivity contribution in [3.05, 3.63) is 59.7 Å². The number of carbonyl (C=O) groups excluding carboxylic acids is 1. The predicted octanol–water partition coefficient (Wildman–Crippen LogP) is 0.212. The van der Waals surface area contributed by atoms with Crippen LogP contribution in [0.5, 0.6) is 0 Å². The second-order valence-corrected chi connectivity index (χ2v) is 12.1. The summed E-state index contributed by atoms with van der Waals surface area (Å²) in [6.07, 6.45) is 1.85. The molecule has 1 saturated carbocycles. The first-order chi connectivity index (χ1) is 17.4. The van der Waals surface area contributed by atoms with Crippen molar-refractivity contribution in [1.82, 2.24) is 14.5 Å². The largest absolute Gasteiger partial charge is 0.364 e. The summed E-state index contributed by atoms with van der Waals surface area (Å²) in [6, 6.07) is 7.59. The van der Waals surface area contributed by atoms with Crippen LogP contribution in [0.25, 0.3) is 11.1 Å². The number of sulfonamides is 1. The first kappa shape index (κ1) is 28.9. The van der Waals surface area contributed by atoms with Crippen molar-refractivity contribution < 1.29 is 22.0 Å². The zero-order valence-corrected chi connectivity index (χ0v) is 21.6. The highest BCUT2D eigenvalue weighted by molar-refractivity contribution is 7.88. The van der Waals surface area contributed by atoms with E-state index in [1.807, 2.05) is 0 Å². The minimum atomic E-state index is -3.78. The van der Waals surface area contributed by atoms with Gasteiger partial charge in [0.15, 0.2) is 0 Å². The number of urea groups is 1. The zero-order chi connectivity index (χ0) is 28.3. The van der Waals surface area contributed by atoms with Crippen LogP contribution in [0.3, 0.4) is 0 Å². The van der Waals surface area contributed by atoms with E-state index < -0.39 is 55.7 Å². The maximum atomic E-state index is 15.8. The summed E-state index contributed by atoms with van der Waals surface area (Å²) >= 11 is 0. The van der Waals surface area contributed by atoms with Crippen LogP contribution in [-0.4, -0.2) is 107 Å². The molecule has 6 nitrogen and oxygen atoms in total. The number of amides is 2. The second-order valence-electron chi connectivity index (χ2n) is 10.3. The first-order valence-corrected chi connectivity index (χ1v) is 13.7. The lowest BCUT2D eigenvalue weighted by molar-refractivity contribution is 0.142. The van der Waals surface area contributed by atoms with Crippen LogP contribution in [0.4, 0.5) is 13.6 Å². The van der Waals surface area contributed by atoms with Gasteiger partial charge in [-0.25, -0.2) is 26.7 Å². The van der Waals surface area contributed by atoms with Gasteiger partial charge in [0, 0.05) is 23.6 Å². The van der Waals surface area contributed by atoms with E-state index in [1.54, 1.807) is 30.3 Å². The Kier molecular flexibility index (Phi) is 7.45. The molecular formula is C23H21B6F2N3O3S. The van der Waals surface area contributed by atoms with E-state index in [-0.39, 0.29) is 24.1 Å². The quantitative estimate of drug-likeness (QED) is 0.529. The van der Waals surface area contributed by atoms with Gasteiger partial charge in [0.2, 0.25) is 10.0 Å².